The summed E-state index contributed by atoms with van der Waals surface area (Å²) in [5, 5.41) is 3.43. The molecule has 3 aliphatic rings. The molecule has 3 unspecified atom stereocenters. The van der Waals surface area contributed by atoms with Crippen molar-refractivity contribution in [2.75, 3.05) is 32.9 Å². The van der Waals surface area contributed by atoms with Gasteiger partial charge >= 0.3 is 5.97 Å². The Bertz CT molecular complexity index is 927. The summed E-state index contributed by atoms with van der Waals surface area (Å²) in [6, 6.07) is 9.54. The number of carbonyl (C=O) groups is 1. The summed E-state index contributed by atoms with van der Waals surface area (Å²) in [4.78, 5) is 12.5. The minimum atomic E-state index is -0.323. The highest BCUT2D eigenvalue weighted by atomic mass is 16.7. The fourth-order valence-electron chi connectivity index (χ4n) is 4.20. The molecule has 0 amide bonds. The molecule has 1 fully saturated rings. The van der Waals surface area contributed by atoms with E-state index in [0.29, 0.717) is 29.6 Å². The van der Waals surface area contributed by atoms with Gasteiger partial charge in [0, 0.05) is 17.7 Å². The molecular formula is C20H19NO6. The summed E-state index contributed by atoms with van der Waals surface area (Å²) in [5.74, 6) is 1.95. The molecule has 1 N–H and O–H groups in total. The van der Waals surface area contributed by atoms with Crippen LogP contribution in [0.5, 0.6) is 23.0 Å². The molecular weight excluding hydrogens is 350 g/mol. The van der Waals surface area contributed by atoms with Gasteiger partial charge in [-0.1, -0.05) is 6.07 Å². The van der Waals surface area contributed by atoms with Crippen molar-refractivity contribution >= 4 is 11.7 Å². The van der Waals surface area contributed by atoms with Crippen molar-refractivity contribution in [3.05, 3.63) is 41.5 Å². The molecule has 0 aromatic heterocycles. The van der Waals surface area contributed by atoms with Crippen molar-refractivity contribution in [2.24, 2.45) is 5.92 Å². The molecule has 0 bridgehead atoms. The quantitative estimate of drug-likeness (QED) is 0.833. The highest BCUT2D eigenvalue weighted by Crippen LogP contribution is 2.50. The second-order valence-corrected chi connectivity index (χ2v) is 6.79. The molecule has 140 valence electrons. The molecule has 7 heteroatoms. The van der Waals surface area contributed by atoms with E-state index in [1.54, 1.807) is 14.2 Å². The standard InChI is InChI=1S/C20H19NO6/c1-23-14-4-3-10(5-15(14)24-2)18-11-6-16-17(27-9-26-16)7-12(11)21-13-8-25-20(22)19(13)18/h3-7,13,18-19,21H,8-9H2,1-2H3. The van der Waals surface area contributed by atoms with Crippen LogP contribution in [0.15, 0.2) is 30.3 Å². The van der Waals surface area contributed by atoms with Crippen LogP contribution in [0.2, 0.25) is 0 Å². The average molecular weight is 369 g/mol. The Morgan fingerprint density at radius 2 is 1.78 bits per heavy atom. The number of methoxy groups -OCH3 is 2. The van der Waals surface area contributed by atoms with Gasteiger partial charge in [-0.25, -0.2) is 0 Å². The van der Waals surface area contributed by atoms with Crippen LogP contribution in [-0.4, -0.2) is 39.6 Å². The van der Waals surface area contributed by atoms with Crippen LogP contribution in [0.4, 0.5) is 5.69 Å². The summed E-state index contributed by atoms with van der Waals surface area (Å²) >= 11 is 0. The number of rotatable bonds is 3. The fourth-order valence-corrected chi connectivity index (χ4v) is 4.20. The number of hydrogen-bond acceptors (Lipinski definition) is 7. The van der Waals surface area contributed by atoms with E-state index in [0.717, 1.165) is 16.8 Å². The second kappa shape index (κ2) is 5.97. The van der Waals surface area contributed by atoms with Crippen LogP contribution in [0.1, 0.15) is 17.0 Å². The predicted molar refractivity (Wildman–Crippen MR) is 95.8 cm³/mol. The summed E-state index contributed by atoms with van der Waals surface area (Å²) < 4.78 is 27.2. The van der Waals surface area contributed by atoms with Crippen molar-refractivity contribution in [3.63, 3.8) is 0 Å². The van der Waals surface area contributed by atoms with E-state index < -0.39 is 0 Å². The number of esters is 1. The number of carbonyl (C=O) groups excluding carboxylic acids is 1. The first-order valence-electron chi connectivity index (χ1n) is 8.78. The van der Waals surface area contributed by atoms with Crippen molar-refractivity contribution in [1.29, 1.82) is 0 Å². The zero-order valence-electron chi connectivity index (χ0n) is 15.0. The van der Waals surface area contributed by atoms with Gasteiger partial charge in [-0.05, 0) is 29.3 Å². The van der Waals surface area contributed by atoms with Crippen LogP contribution in [0.3, 0.4) is 0 Å². The molecule has 3 heterocycles. The molecule has 7 nitrogen and oxygen atoms in total. The SMILES string of the molecule is COc1ccc(C2c3cc4c(cc3NC3COC(=O)C32)OCO4)cc1OC. The number of nitrogens with one attached hydrogen (secondary N) is 1. The van der Waals surface area contributed by atoms with Crippen molar-refractivity contribution < 1.29 is 28.5 Å². The maximum Gasteiger partial charge on any atom is 0.312 e. The van der Waals surface area contributed by atoms with Crippen LogP contribution in [0, 0.1) is 5.92 Å². The largest absolute Gasteiger partial charge is 0.493 e. The number of benzene rings is 2. The van der Waals surface area contributed by atoms with E-state index >= 15 is 0 Å². The lowest BCUT2D eigenvalue weighted by atomic mass is 9.74. The summed E-state index contributed by atoms with van der Waals surface area (Å²) in [6.45, 7) is 0.551. The van der Waals surface area contributed by atoms with Gasteiger partial charge in [0.05, 0.1) is 26.2 Å². The van der Waals surface area contributed by atoms with Crippen LogP contribution < -0.4 is 24.3 Å². The molecule has 0 saturated carbocycles. The molecule has 3 aliphatic heterocycles. The van der Waals surface area contributed by atoms with Gasteiger partial charge in [0.2, 0.25) is 6.79 Å². The number of hydrogen-bond donors (Lipinski definition) is 1. The van der Waals surface area contributed by atoms with E-state index in [1.165, 1.54) is 0 Å². The monoisotopic (exact) mass is 369 g/mol. The zero-order valence-corrected chi connectivity index (χ0v) is 15.0. The third kappa shape index (κ3) is 2.38. The fraction of sp³-hybridized carbons (Fsp3) is 0.350. The molecule has 3 atom stereocenters. The van der Waals surface area contributed by atoms with Gasteiger partial charge in [0.15, 0.2) is 23.0 Å². The van der Waals surface area contributed by atoms with Gasteiger partial charge in [0.25, 0.3) is 0 Å². The van der Waals surface area contributed by atoms with Crippen molar-refractivity contribution in [2.45, 2.75) is 12.0 Å². The lowest BCUT2D eigenvalue weighted by Crippen LogP contribution is -2.38. The third-order valence-electron chi connectivity index (χ3n) is 5.46. The molecule has 0 radical (unpaired) electrons. The van der Waals surface area contributed by atoms with Gasteiger partial charge in [-0.15, -0.1) is 0 Å². The highest BCUT2D eigenvalue weighted by Gasteiger charge is 2.48. The topological polar surface area (TPSA) is 75.3 Å². The Labute approximate surface area is 156 Å². The lowest BCUT2D eigenvalue weighted by Gasteiger charge is -2.34. The molecule has 5 rings (SSSR count). The van der Waals surface area contributed by atoms with Crippen molar-refractivity contribution in [1.82, 2.24) is 0 Å². The van der Waals surface area contributed by atoms with Gasteiger partial charge in [-0.2, -0.15) is 0 Å². The number of cyclic esters (lactones) is 1. The number of ether oxygens (including phenoxy) is 5. The van der Waals surface area contributed by atoms with Crippen LogP contribution in [0.25, 0.3) is 0 Å². The van der Waals surface area contributed by atoms with E-state index in [-0.39, 0.29) is 30.6 Å². The van der Waals surface area contributed by atoms with E-state index in [9.17, 15) is 4.79 Å². The summed E-state index contributed by atoms with van der Waals surface area (Å²) in [7, 11) is 3.20. The summed E-state index contributed by atoms with van der Waals surface area (Å²) in [6.07, 6.45) is 0. The third-order valence-corrected chi connectivity index (χ3v) is 5.46. The van der Waals surface area contributed by atoms with Gasteiger partial charge < -0.3 is 29.0 Å². The Hall–Kier alpha value is -3.09. The molecule has 27 heavy (non-hydrogen) atoms. The maximum atomic E-state index is 12.5. The van der Waals surface area contributed by atoms with Crippen molar-refractivity contribution in [3.8, 4) is 23.0 Å². The zero-order chi connectivity index (χ0) is 18.5. The van der Waals surface area contributed by atoms with E-state index in [2.05, 4.69) is 5.32 Å². The first kappa shape index (κ1) is 16.1. The Morgan fingerprint density at radius 1 is 1.00 bits per heavy atom. The van der Waals surface area contributed by atoms with Gasteiger partial charge in [0.1, 0.15) is 6.61 Å². The Balaban J connectivity index is 1.68. The number of anilines is 1. The Kier molecular flexibility index (Phi) is 3.56. The molecule has 2 aromatic carbocycles. The predicted octanol–water partition coefficient (Wildman–Crippen LogP) is 2.53. The first-order chi connectivity index (χ1) is 13.2. The van der Waals surface area contributed by atoms with Gasteiger partial charge in [-0.3, -0.25) is 4.79 Å². The smallest absolute Gasteiger partial charge is 0.312 e. The number of fused-ring (bicyclic) bond motifs is 3. The van der Waals surface area contributed by atoms with E-state index in [1.807, 2.05) is 30.3 Å². The highest BCUT2D eigenvalue weighted by molar-refractivity contribution is 5.82. The lowest BCUT2D eigenvalue weighted by molar-refractivity contribution is -0.141. The molecule has 0 aliphatic carbocycles. The molecule has 1 saturated heterocycles. The van der Waals surface area contributed by atoms with E-state index in [4.69, 9.17) is 23.7 Å². The maximum absolute atomic E-state index is 12.5. The van der Waals surface area contributed by atoms with Crippen LogP contribution in [-0.2, 0) is 9.53 Å². The Morgan fingerprint density at radius 3 is 2.56 bits per heavy atom. The minimum absolute atomic E-state index is 0.0940. The average Bonchev–Trinajstić information content (AvgIpc) is 3.30. The minimum Gasteiger partial charge on any atom is -0.493 e. The van der Waals surface area contributed by atoms with Crippen LogP contribution >= 0.6 is 0 Å². The second-order valence-electron chi connectivity index (χ2n) is 6.79. The molecule has 2 aromatic rings. The normalized spacial score (nSPS) is 24.5. The first-order valence-corrected chi connectivity index (χ1v) is 8.78. The molecule has 0 spiro atoms. The summed E-state index contributed by atoms with van der Waals surface area (Å²) in [5.41, 5.74) is 2.87.